The summed E-state index contributed by atoms with van der Waals surface area (Å²) in [5.41, 5.74) is 0. The Morgan fingerprint density at radius 2 is 1.53 bits per heavy atom. The number of carboxylic acid groups (broad SMARTS) is 1. The summed E-state index contributed by atoms with van der Waals surface area (Å²) in [4.78, 5) is 33.1. The van der Waals surface area contributed by atoms with Crippen molar-refractivity contribution in [3.63, 3.8) is 0 Å². The van der Waals surface area contributed by atoms with Crippen LogP contribution in [0.15, 0.2) is 0 Å². The Kier molecular flexibility index (Phi) is 6.93. The van der Waals surface area contributed by atoms with Crippen molar-refractivity contribution >= 4 is 17.8 Å². The van der Waals surface area contributed by atoms with Crippen LogP contribution in [-0.4, -0.2) is 35.0 Å². The number of carboxylic acids is 1. The van der Waals surface area contributed by atoms with Gasteiger partial charge in [0.2, 0.25) is 11.8 Å². The number of aliphatic carboxylic acids is 1. The highest BCUT2D eigenvalue weighted by molar-refractivity contribution is 5.86. The molecule has 6 heteroatoms. The normalized spacial score (nSPS) is 13.6. The van der Waals surface area contributed by atoms with Crippen molar-refractivity contribution in [2.24, 2.45) is 0 Å². The number of amides is 2. The molecule has 0 saturated heterocycles. The van der Waals surface area contributed by atoms with Gasteiger partial charge in [-0.3, -0.25) is 14.4 Å². The summed E-state index contributed by atoms with van der Waals surface area (Å²) in [6.07, 6.45) is 0.899. The van der Waals surface area contributed by atoms with E-state index in [0.717, 1.165) is 6.42 Å². The SMILES string of the molecule is CCC(C)NC(=O)CCC(=O)NC(C)C(=O)O. The second-order valence-corrected chi connectivity index (χ2v) is 4.00. The van der Waals surface area contributed by atoms with Crippen molar-refractivity contribution in [3.05, 3.63) is 0 Å². The van der Waals surface area contributed by atoms with Gasteiger partial charge in [0.1, 0.15) is 6.04 Å². The standard InChI is InChI=1S/C11H20N2O4/c1-4-7(2)12-9(14)5-6-10(15)13-8(3)11(16)17/h7-8H,4-6H2,1-3H3,(H,12,14)(H,13,15)(H,16,17). The molecule has 6 nitrogen and oxygen atoms in total. The van der Waals surface area contributed by atoms with Crippen LogP contribution in [0, 0.1) is 0 Å². The predicted octanol–water partition coefficient (Wildman–Crippen LogP) is 0.271. The molecule has 2 atom stereocenters. The first kappa shape index (κ1) is 15.4. The first-order valence-corrected chi connectivity index (χ1v) is 5.68. The van der Waals surface area contributed by atoms with Crippen molar-refractivity contribution < 1.29 is 19.5 Å². The van der Waals surface area contributed by atoms with E-state index >= 15 is 0 Å². The second-order valence-electron chi connectivity index (χ2n) is 4.00. The van der Waals surface area contributed by atoms with Gasteiger partial charge in [-0.15, -0.1) is 0 Å². The van der Waals surface area contributed by atoms with Crippen LogP contribution < -0.4 is 10.6 Å². The number of nitrogens with one attached hydrogen (secondary N) is 2. The molecule has 0 bridgehead atoms. The molecule has 0 aliphatic heterocycles. The lowest BCUT2D eigenvalue weighted by Crippen LogP contribution is -2.39. The van der Waals surface area contributed by atoms with Gasteiger partial charge in [0.25, 0.3) is 0 Å². The van der Waals surface area contributed by atoms with E-state index in [-0.39, 0.29) is 24.8 Å². The van der Waals surface area contributed by atoms with Gasteiger partial charge in [-0.25, -0.2) is 0 Å². The quantitative estimate of drug-likeness (QED) is 0.599. The Hall–Kier alpha value is -1.59. The van der Waals surface area contributed by atoms with Crippen molar-refractivity contribution in [1.29, 1.82) is 0 Å². The van der Waals surface area contributed by atoms with Gasteiger partial charge >= 0.3 is 5.97 Å². The first-order chi connectivity index (χ1) is 7.86. The van der Waals surface area contributed by atoms with Crippen LogP contribution in [0.3, 0.4) is 0 Å². The topological polar surface area (TPSA) is 95.5 Å². The summed E-state index contributed by atoms with van der Waals surface area (Å²) in [5.74, 6) is -1.72. The predicted molar refractivity (Wildman–Crippen MR) is 62.4 cm³/mol. The van der Waals surface area contributed by atoms with Crippen molar-refractivity contribution in [1.82, 2.24) is 10.6 Å². The van der Waals surface area contributed by atoms with Gasteiger partial charge in [-0.05, 0) is 20.3 Å². The van der Waals surface area contributed by atoms with Gasteiger partial charge in [-0.1, -0.05) is 6.92 Å². The van der Waals surface area contributed by atoms with Crippen LogP contribution in [0.1, 0.15) is 40.0 Å². The molecule has 0 saturated carbocycles. The third-order valence-corrected chi connectivity index (χ3v) is 2.35. The zero-order chi connectivity index (χ0) is 13.4. The summed E-state index contributed by atoms with van der Waals surface area (Å²) >= 11 is 0. The van der Waals surface area contributed by atoms with E-state index in [1.54, 1.807) is 0 Å². The summed E-state index contributed by atoms with van der Waals surface area (Å²) in [6.45, 7) is 5.20. The van der Waals surface area contributed by atoms with Crippen molar-refractivity contribution in [2.45, 2.75) is 52.1 Å². The Labute approximate surface area is 101 Å². The van der Waals surface area contributed by atoms with Gasteiger partial charge in [0.15, 0.2) is 0 Å². The zero-order valence-electron chi connectivity index (χ0n) is 10.4. The monoisotopic (exact) mass is 244 g/mol. The number of carbonyl (C=O) groups excluding carboxylic acids is 2. The molecule has 0 aliphatic carbocycles. The second kappa shape index (κ2) is 7.65. The Morgan fingerprint density at radius 1 is 1.06 bits per heavy atom. The molecule has 3 N–H and O–H groups in total. The smallest absolute Gasteiger partial charge is 0.325 e. The van der Waals surface area contributed by atoms with Crippen molar-refractivity contribution in [3.8, 4) is 0 Å². The maximum Gasteiger partial charge on any atom is 0.325 e. The fourth-order valence-electron chi connectivity index (χ4n) is 1.05. The fourth-order valence-corrected chi connectivity index (χ4v) is 1.05. The van der Waals surface area contributed by atoms with Crippen molar-refractivity contribution in [2.75, 3.05) is 0 Å². The lowest BCUT2D eigenvalue weighted by molar-refractivity contribution is -0.141. The highest BCUT2D eigenvalue weighted by Crippen LogP contribution is 1.94. The summed E-state index contributed by atoms with van der Waals surface area (Å²) in [6, 6.07) is -0.844. The number of rotatable bonds is 7. The number of hydrogen-bond donors (Lipinski definition) is 3. The lowest BCUT2D eigenvalue weighted by atomic mass is 10.2. The molecule has 0 spiro atoms. The Bertz CT molecular complexity index is 291. The van der Waals surface area contributed by atoms with E-state index in [2.05, 4.69) is 10.6 Å². The third-order valence-electron chi connectivity index (χ3n) is 2.35. The van der Waals surface area contributed by atoms with E-state index in [9.17, 15) is 14.4 Å². The summed E-state index contributed by atoms with van der Waals surface area (Å²) < 4.78 is 0. The van der Waals surface area contributed by atoms with Crippen LogP contribution in [0.4, 0.5) is 0 Å². The highest BCUT2D eigenvalue weighted by atomic mass is 16.4. The Balaban J connectivity index is 3.84. The van der Waals surface area contributed by atoms with Gasteiger partial charge < -0.3 is 15.7 Å². The van der Waals surface area contributed by atoms with Crippen LogP contribution in [-0.2, 0) is 14.4 Å². The molecule has 0 aliphatic rings. The van der Waals surface area contributed by atoms with E-state index in [1.165, 1.54) is 6.92 Å². The molecule has 0 heterocycles. The highest BCUT2D eigenvalue weighted by Gasteiger charge is 2.15. The molecule has 2 amide bonds. The average molecular weight is 244 g/mol. The molecular formula is C11H20N2O4. The van der Waals surface area contributed by atoms with E-state index in [0.29, 0.717) is 0 Å². The van der Waals surface area contributed by atoms with Gasteiger partial charge in [0.05, 0.1) is 0 Å². The number of carbonyl (C=O) groups is 3. The molecule has 0 radical (unpaired) electrons. The first-order valence-electron chi connectivity index (χ1n) is 5.68. The van der Waals surface area contributed by atoms with Crippen LogP contribution in [0.2, 0.25) is 0 Å². The van der Waals surface area contributed by atoms with Crippen LogP contribution >= 0.6 is 0 Å². The maximum absolute atomic E-state index is 11.3. The largest absolute Gasteiger partial charge is 0.480 e. The fraction of sp³-hybridized carbons (Fsp3) is 0.727. The maximum atomic E-state index is 11.3. The van der Waals surface area contributed by atoms with E-state index in [1.807, 2.05) is 13.8 Å². The molecule has 2 unspecified atom stereocenters. The lowest BCUT2D eigenvalue weighted by Gasteiger charge is -2.12. The van der Waals surface area contributed by atoms with E-state index < -0.39 is 17.9 Å². The molecule has 0 rings (SSSR count). The number of hydrogen-bond acceptors (Lipinski definition) is 3. The molecule has 0 aromatic heterocycles. The zero-order valence-corrected chi connectivity index (χ0v) is 10.4. The van der Waals surface area contributed by atoms with Gasteiger partial charge in [-0.2, -0.15) is 0 Å². The molecule has 0 aromatic carbocycles. The van der Waals surface area contributed by atoms with Crippen LogP contribution in [0.5, 0.6) is 0 Å². The molecule has 98 valence electrons. The third kappa shape index (κ3) is 7.32. The minimum Gasteiger partial charge on any atom is -0.480 e. The average Bonchev–Trinajstić information content (AvgIpc) is 2.25. The van der Waals surface area contributed by atoms with Crippen LogP contribution in [0.25, 0.3) is 0 Å². The molecule has 17 heavy (non-hydrogen) atoms. The van der Waals surface area contributed by atoms with Gasteiger partial charge in [0, 0.05) is 18.9 Å². The molecule has 0 fully saturated rings. The minimum atomic E-state index is -1.09. The summed E-state index contributed by atoms with van der Waals surface area (Å²) in [7, 11) is 0. The molecular weight excluding hydrogens is 224 g/mol. The Morgan fingerprint density at radius 3 is 1.94 bits per heavy atom. The molecule has 0 aromatic rings. The minimum absolute atomic E-state index is 0.000111. The van der Waals surface area contributed by atoms with E-state index in [4.69, 9.17) is 5.11 Å². The summed E-state index contributed by atoms with van der Waals surface area (Å²) in [5, 5.41) is 13.6.